The summed E-state index contributed by atoms with van der Waals surface area (Å²) in [7, 11) is 0. The molecule has 5 heteroatoms. The van der Waals surface area contributed by atoms with Gasteiger partial charge in [0, 0.05) is 5.39 Å². The van der Waals surface area contributed by atoms with Gasteiger partial charge in [-0.05, 0) is 34.6 Å². The summed E-state index contributed by atoms with van der Waals surface area (Å²) in [6.45, 7) is 4.19. The summed E-state index contributed by atoms with van der Waals surface area (Å²) >= 11 is 8.43. The highest BCUT2D eigenvalue weighted by Crippen LogP contribution is 2.32. The molecule has 0 N–H and O–H groups in total. The van der Waals surface area contributed by atoms with Gasteiger partial charge in [-0.3, -0.25) is 0 Å². The van der Waals surface area contributed by atoms with Gasteiger partial charge in [0.25, 0.3) is 0 Å². The van der Waals surface area contributed by atoms with Crippen molar-refractivity contribution >= 4 is 45.2 Å². The minimum atomic E-state index is 0.291. The van der Waals surface area contributed by atoms with E-state index in [4.69, 9.17) is 16.0 Å². The average Bonchev–Trinajstić information content (AvgIpc) is 2.85. The molecule has 0 saturated carbocycles. The maximum atomic E-state index is 6.24. The molecule has 3 aromatic rings. The molecule has 0 aliphatic carbocycles. The van der Waals surface area contributed by atoms with Crippen LogP contribution in [0.15, 0.2) is 34.9 Å². The molecule has 3 rings (SSSR count). The predicted octanol–water partition coefficient (Wildman–Crippen LogP) is 5.27. The van der Waals surface area contributed by atoms with Crippen LogP contribution in [0.4, 0.5) is 0 Å². The zero-order chi connectivity index (χ0) is 14.3. The maximum absolute atomic E-state index is 6.24. The van der Waals surface area contributed by atoms with Crippen LogP contribution in [0.5, 0.6) is 0 Å². The highest BCUT2D eigenvalue weighted by molar-refractivity contribution is 14.1. The van der Waals surface area contributed by atoms with Gasteiger partial charge in [-0.2, -0.15) is 0 Å². The van der Waals surface area contributed by atoms with E-state index in [0.717, 1.165) is 25.8 Å². The van der Waals surface area contributed by atoms with E-state index in [0.29, 0.717) is 16.9 Å². The van der Waals surface area contributed by atoms with Crippen molar-refractivity contribution in [1.82, 2.24) is 9.97 Å². The number of halogens is 2. The molecule has 0 bridgehead atoms. The molecule has 102 valence electrons. The molecular formula is C15H12ClIN2O. The maximum Gasteiger partial charge on any atom is 0.165 e. The molecule has 1 aromatic carbocycles. The van der Waals surface area contributed by atoms with Crippen LogP contribution in [-0.4, -0.2) is 9.97 Å². The summed E-state index contributed by atoms with van der Waals surface area (Å²) in [4.78, 5) is 9.06. The average molecular weight is 399 g/mol. The molecule has 0 aliphatic heterocycles. The topological polar surface area (TPSA) is 38.9 Å². The van der Waals surface area contributed by atoms with E-state index in [-0.39, 0.29) is 0 Å². The van der Waals surface area contributed by atoms with Crippen LogP contribution in [0.1, 0.15) is 25.5 Å². The highest BCUT2D eigenvalue weighted by Gasteiger charge is 2.17. The molecule has 0 fully saturated rings. The standard InChI is InChI=1S/C15H12ClIN2O/c1-8(2)13-12(17)14(16)19-15(18-13)10-7-20-11-6-4-3-5-9(10)11/h3-8H,1-2H3. The van der Waals surface area contributed by atoms with E-state index < -0.39 is 0 Å². The first-order chi connectivity index (χ1) is 9.58. The fourth-order valence-corrected chi connectivity index (χ4v) is 3.13. The lowest BCUT2D eigenvalue weighted by Crippen LogP contribution is -2.02. The van der Waals surface area contributed by atoms with Crippen molar-refractivity contribution in [2.75, 3.05) is 0 Å². The Morgan fingerprint density at radius 2 is 1.95 bits per heavy atom. The molecule has 0 spiro atoms. The summed E-state index contributed by atoms with van der Waals surface area (Å²) in [5.74, 6) is 0.906. The van der Waals surface area contributed by atoms with E-state index in [1.165, 1.54) is 0 Å². The van der Waals surface area contributed by atoms with Crippen LogP contribution in [0.25, 0.3) is 22.4 Å². The molecular weight excluding hydrogens is 387 g/mol. The second-order valence-electron chi connectivity index (χ2n) is 4.84. The van der Waals surface area contributed by atoms with Gasteiger partial charge in [-0.25, -0.2) is 9.97 Å². The van der Waals surface area contributed by atoms with Crippen LogP contribution in [0.2, 0.25) is 5.15 Å². The van der Waals surface area contributed by atoms with Gasteiger partial charge in [-0.1, -0.05) is 43.6 Å². The van der Waals surface area contributed by atoms with Gasteiger partial charge in [0.15, 0.2) is 5.82 Å². The zero-order valence-corrected chi connectivity index (χ0v) is 13.9. The van der Waals surface area contributed by atoms with Crippen molar-refractivity contribution in [3.05, 3.63) is 44.9 Å². The van der Waals surface area contributed by atoms with E-state index >= 15 is 0 Å². The summed E-state index contributed by atoms with van der Waals surface area (Å²) in [6.07, 6.45) is 1.69. The summed E-state index contributed by atoms with van der Waals surface area (Å²) in [6, 6.07) is 7.84. The number of fused-ring (bicyclic) bond motifs is 1. The zero-order valence-electron chi connectivity index (χ0n) is 11.0. The molecule has 0 unspecified atom stereocenters. The summed E-state index contributed by atoms with van der Waals surface area (Å²) in [5, 5.41) is 1.49. The summed E-state index contributed by atoms with van der Waals surface area (Å²) in [5.41, 5.74) is 2.67. The second kappa shape index (κ2) is 5.33. The Balaban J connectivity index is 2.24. The van der Waals surface area contributed by atoms with Crippen LogP contribution in [-0.2, 0) is 0 Å². The van der Waals surface area contributed by atoms with Gasteiger partial charge >= 0.3 is 0 Å². The van der Waals surface area contributed by atoms with Crippen LogP contribution >= 0.6 is 34.2 Å². The predicted molar refractivity (Wildman–Crippen MR) is 89.1 cm³/mol. The lowest BCUT2D eigenvalue weighted by atomic mass is 10.1. The lowest BCUT2D eigenvalue weighted by molar-refractivity contribution is 0.616. The number of rotatable bonds is 2. The third-order valence-electron chi connectivity index (χ3n) is 3.11. The van der Waals surface area contributed by atoms with Crippen molar-refractivity contribution in [2.45, 2.75) is 19.8 Å². The number of hydrogen-bond donors (Lipinski definition) is 0. The van der Waals surface area contributed by atoms with E-state index in [9.17, 15) is 0 Å². The number of hydrogen-bond acceptors (Lipinski definition) is 3. The van der Waals surface area contributed by atoms with Gasteiger partial charge in [0.2, 0.25) is 0 Å². The molecule has 3 nitrogen and oxygen atoms in total. The molecule has 2 aromatic heterocycles. The Labute approximate surface area is 135 Å². The second-order valence-corrected chi connectivity index (χ2v) is 6.27. The molecule has 0 radical (unpaired) electrons. The monoisotopic (exact) mass is 398 g/mol. The fourth-order valence-electron chi connectivity index (χ4n) is 2.09. The minimum absolute atomic E-state index is 0.291. The molecule has 0 amide bonds. The summed E-state index contributed by atoms with van der Waals surface area (Å²) < 4.78 is 6.46. The molecule has 2 heterocycles. The van der Waals surface area contributed by atoms with Crippen molar-refractivity contribution in [1.29, 1.82) is 0 Å². The third kappa shape index (κ3) is 2.31. The smallest absolute Gasteiger partial charge is 0.165 e. The van der Waals surface area contributed by atoms with Crippen LogP contribution < -0.4 is 0 Å². The van der Waals surface area contributed by atoms with Crippen LogP contribution in [0.3, 0.4) is 0 Å². The number of aromatic nitrogens is 2. The molecule has 0 saturated heterocycles. The quantitative estimate of drug-likeness (QED) is 0.436. The first-order valence-corrected chi connectivity index (χ1v) is 7.73. The lowest BCUT2D eigenvalue weighted by Gasteiger charge is -2.10. The van der Waals surface area contributed by atoms with Crippen molar-refractivity contribution in [3.63, 3.8) is 0 Å². The van der Waals surface area contributed by atoms with Gasteiger partial charge in [0.05, 0.1) is 14.8 Å². The molecule has 0 atom stereocenters. The van der Waals surface area contributed by atoms with Gasteiger partial charge in [0.1, 0.15) is 17.0 Å². The number of benzene rings is 1. The van der Waals surface area contributed by atoms with Crippen molar-refractivity contribution < 1.29 is 4.42 Å². The largest absolute Gasteiger partial charge is 0.464 e. The normalized spacial score (nSPS) is 11.4. The van der Waals surface area contributed by atoms with E-state index in [2.05, 4.69) is 46.4 Å². The SMILES string of the molecule is CC(C)c1nc(-c2coc3ccccc23)nc(Cl)c1I. The Kier molecular flexibility index (Phi) is 3.69. The molecule has 20 heavy (non-hydrogen) atoms. The minimum Gasteiger partial charge on any atom is -0.464 e. The van der Waals surface area contributed by atoms with Gasteiger partial charge < -0.3 is 4.42 Å². The Bertz CT molecular complexity index is 783. The number of furan rings is 1. The highest BCUT2D eigenvalue weighted by atomic mass is 127. The Hall–Kier alpha value is -1.14. The fraction of sp³-hybridized carbons (Fsp3) is 0.200. The first-order valence-electron chi connectivity index (χ1n) is 6.27. The third-order valence-corrected chi connectivity index (χ3v) is 4.76. The molecule has 0 aliphatic rings. The van der Waals surface area contributed by atoms with E-state index in [1.807, 2.05) is 24.3 Å². The number of para-hydroxylation sites is 1. The Morgan fingerprint density at radius 3 is 2.70 bits per heavy atom. The van der Waals surface area contributed by atoms with Crippen molar-refractivity contribution in [3.8, 4) is 11.4 Å². The Morgan fingerprint density at radius 1 is 1.20 bits per heavy atom. The van der Waals surface area contributed by atoms with E-state index in [1.54, 1.807) is 6.26 Å². The van der Waals surface area contributed by atoms with Gasteiger partial charge in [-0.15, -0.1) is 0 Å². The van der Waals surface area contributed by atoms with Crippen molar-refractivity contribution in [2.24, 2.45) is 0 Å². The first kappa shape index (κ1) is 13.8. The van der Waals surface area contributed by atoms with Crippen LogP contribution in [0, 0.1) is 3.57 Å². The number of nitrogens with zero attached hydrogens (tertiary/aromatic N) is 2.